The molecular weight excluding hydrogens is 574 g/mol. The van der Waals surface area contributed by atoms with E-state index in [1.165, 1.54) is 12.3 Å². The third kappa shape index (κ3) is 4.58. The Bertz CT molecular complexity index is 1930. The van der Waals surface area contributed by atoms with E-state index in [9.17, 15) is 19.8 Å². The molecule has 0 spiro atoms. The number of hydrogen-bond donors (Lipinski definition) is 2. The van der Waals surface area contributed by atoms with Gasteiger partial charge in [-0.05, 0) is 35.9 Å². The summed E-state index contributed by atoms with van der Waals surface area (Å²) in [6, 6.07) is 17.9. The fourth-order valence-electron chi connectivity index (χ4n) is 6.79. The smallest absolute Gasteiger partial charge is 0.289 e. The van der Waals surface area contributed by atoms with Crippen molar-refractivity contribution in [3.8, 4) is 22.8 Å². The summed E-state index contributed by atoms with van der Waals surface area (Å²) in [4.78, 5) is 35.6. The molecular formula is C34H31N5O6. The Hall–Kier alpha value is -5.29. The predicted octanol–water partition coefficient (Wildman–Crippen LogP) is 4.33. The van der Waals surface area contributed by atoms with Crippen molar-refractivity contribution in [2.75, 3.05) is 62.2 Å². The van der Waals surface area contributed by atoms with E-state index in [0.717, 1.165) is 54.1 Å². The Morgan fingerprint density at radius 2 is 1.53 bits per heavy atom. The third-order valence-electron chi connectivity index (χ3n) is 9.16. The van der Waals surface area contributed by atoms with Crippen LogP contribution in [0.1, 0.15) is 32.0 Å². The number of amides is 1. The van der Waals surface area contributed by atoms with Gasteiger partial charge in [-0.15, -0.1) is 0 Å². The molecule has 2 aromatic heterocycles. The van der Waals surface area contributed by atoms with Gasteiger partial charge in [0.05, 0.1) is 28.6 Å². The number of aromatic nitrogens is 1. The molecule has 8 rings (SSSR count). The predicted molar refractivity (Wildman–Crippen MR) is 167 cm³/mol. The first-order valence-electron chi connectivity index (χ1n) is 15.1. The van der Waals surface area contributed by atoms with E-state index in [4.69, 9.17) is 8.94 Å². The molecule has 1 amide bonds. The van der Waals surface area contributed by atoms with Crippen LogP contribution in [0.3, 0.4) is 0 Å². The Balaban J connectivity index is 1.12. The lowest BCUT2D eigenvalue weighted by atomic mass is 9.86. The molecule has 0 atom stereocenters. The van der Waals surface area contributed by atoms with E-state index in [1.807, 2.05) is 30.3 Å². The van der Waals surface area contributed by atoms with Crippen LogP contribution in [0.15, 0.2) is 75.9 Å². The first kappa shape index (κ1) is 27.3. The second kappa shape index (κ2) is 10.7. The van der Waals surface area contributed by atoms with E-state index >= 15 is 0 Å². The number of furan rings is 1. The maximum absolute atomic E-state index is 14.1. The summed E-state index contributed by atoms with van der Waals surface area (Å²) in [6.45, 7) is 5.80. The van der Waals surface area contributed by atoms with Gasteiger partial charge in [0.1, 0.15) is 5.52 Å². The number of ketones is 1. The lowest BCUT2D eigenvalue weighted by Crippen LogP contribution is -2.49. The highest BCUT2D eigenvalue weighted by molar-refractivity contribution is 6.28. The van der Waals surface area contributed by atoms with Crippen molar-refractivity contribution >= 4 is 34.0 Å². The number of carbonyl (C=O) groups is 2. The van der Waals surface area contributed by atoms with Gasteiger partial charge in [-0.3, -0.25) is 14.5 Å². The van der Waals surface area contributed by atoms with Crippen LogP contribution >= 0.6 is 0 Å². The standard InChI is InChI=1S/C34H31N5O6/c40-26-8-7-21(18-27(26)41)20-36-9-11-38(12-10-36)25-19-24(37-13-15-39(16-14-37)34(43)28-6-3-17-44-28)29-30-31(25)35-45-33(30)23-5-2-1-4-22(23)32(29)42/h1-8,17-19,40-41H,9-16,20H2. The van der Waals surface area contributed by atoms with Crippen LogP contribution in [0, 0.1) is 0 Å². The normalized spacial score (nSPS) is 16.8. The maximum Gasteiger partial charge on any atom is 0.289 e. The zero-order valence-corrected chi connectivity index (χ0v) is 24.5. The van der Waals surface area contributed by atoms with Gasteiger partial charge in [-0.25, -0.2) is 0 Å². The Morgan fingerprint density at radius 3 is 2.27 bits per heavy atom. The maximum atomic E-state index is 14.1. The number of carbonyl (C=O) groups excluding carboxylic acids is 2. The number of aromatic hydroxyl groups is 2. The van der Waals surface area contributed by atoms with Crippen molar-refractivity contribution in [3.05, 3.63) is 89.4 Å². The molecule has 228 valence electrons. The molecule has 0 saturated carbocycles. The number of phenols is 2. The van der Waals surface area contributed by atoms with E-state index < -0.39 is 0 Å². The lowest BCUT2D eigenvalue weighted by molar-refractivity contribution is 0.0714. The monoisotopic (exact) mass is 605 g/mol. The number of benzene rings is 3. The molecule has 2 N–H and O–H groups in total. The van der Waals surface area contributed by atoms with Crippen molar-refractivity contribution < 1.29 is 28.7 Å². The molecule has 11 nitrogen and oxygen atoms in total. The topological polar surface area (TPSA) is 127 Å². The summed E-state index contributed by atoms with van der Waals surface area (Å²) in [5.41, 5.74) is 5.29. The van der Waals surface area contributed by atoms with Crippen molar-refractivity contribution in [1.82, 2.24) is 15.0 Å². The van der Waals surface area contributed by atoms with Crippen LogP contribution in [0.5, 0.6) is 11.5 Å². The largest absolute Gasteiger partial charge is 0.504 e. The number of piperazine rings is 2. The number of fused-ring (bicyclic) bond motifs is 2. The molecule has 0 bridgehead atoms. The molecule has 5 aromatic rings. The van der Waals surface area contributed by atoms with Crippen LogP contribution in [-0.4, -0.2) is 89.2 Å². The van der Waals surface area contributed by atoms with E-state index in [-0.39, 0.29) is 23.2 Å². The van der Waals surface area contributed by atoms with Crippen LogP contribution in [0.2, 0.25) is 0 Å². The van der Waals surface area contributed by atoms with E-state index in [2.05, 4.69) is 25.9 Å². The second-order valence-electron chi connectivity index (χ2n) is 11.7. The van der Waals surface area contributed by atoms with Crippen molar-refractivity contribution in [3.63, 3.8) is 0 Å². The van der Waals surface area contributed by atoms with Crippen LogP contribution < -0.4 is 9.80 Å². The summed E-state index contributed by atoms with van der Waals surface area (Å²) in [5, 5.41) is 24.9. The molecule has 3 aliphatic rings. The number of phenolic OH excluding ortho intramolecular Hbond substituents is 2. The molecule has 4 heterocycles. The van der Waals surface area contributed by atoms with E-state index in [0.29, 0.717) is 60.9 Å². The molecule has 1 aliphatic carbocycles. The van der Waals surface area contributed by atoms with E-state index in [1.54, 1.807) is 23.1 Å². The number of rotatable bonds is 5. The average Bonchev–Trinajstić information content (AvgIpc) is 3.77. The minimum Gasteiger partial charge on any atom is -0.504 e. The molecule has 2 aliphatic heterocycles. The van der Waals surface area contributed by atoms with Crippen LogP contribution in [0.4, 0.5) is 11.4 Å². The Kier molecular flexibility index (Phi) is 6.49. The molecule has 45 heavy (non-hydrogen) atoms. The highest BCUT2D eigenvalue weighted by Crippen LogP contribution is 2.47. The SMILES string of the molecule is O=C1c2ccccc2-c2onc3c(N4CCN(Cc5ccc(O)c(O)c5)CC4)cc(N4CCN(C(=O)c5ccco5)CC4)c1c23. The second-order valence-corrected chi connectivity index (χ2v) is 11.7. The van der Waals surface area contributed by atoms with Crippen molar-refractivity contribution in [1.29, 1.82) is 0 Å². The third-order valence-corrected chi connectivity index (χ3v) is 9.16. The quantitative estimate of drug-likeness (QED) is 0.274. The van der Waals surface area contributed by atoms with Gasteiger partial charge in [0, 0.05) is 70.0 Å². The van der Waals surface area contributed by atoms with Gasteiger partial charge in [0.25, 0.3) is 5.91 Å². The first-order valence-corrected chi connectivity index (χ1v) is 15.1. The minimum absolute atomic E-state index is 0.0519. The minimum atomic E-state index is -0.135. The number of hydrogen-bond acceptors (Lipinski definition) is 10. The first-order chi connectivity index (χ1) is 22.0. The van der Waals surface area contributed by atoms with Crippen molar-refractivity contribution in [2.45, 2.75) is 6.54 Å². The molecule has 0 unspecified atom stereocenters. The van der Waals surface area contributed by atoms with Crippen molar-refractivity contribution in [2.24, 2.45) is 0 Å². The summed E-state index contributed by atoms with van der Waals surface area (Å²) in [7, 11) is 0. The Morgan fingerprint density at radius 1 is 0.800 bits per heavy atom. The van der Waals surface area contributed by atoms with Gasteiger partial charge in [0.2, 0.25) is 0 Å². The van der Waals surface area contributed by atoms with Gasteiger partial charge in [-0.2, -0.15) is 0 Å². The van der Waals surface area contributed by atoms with Gasteiger partial charge >= 0.3 is 0 Å². The summed E-state index contributed by atoms with van der Waals surface area (Å²) in [6.07, 6.45) is 1.50. The summed E-state index contributed by atoms with van der Waals surface area (Å²) in [5.74, 6) is 0.498. The molecule has 3 aromatic carbocycles. The van der Waals surface area contributed by atoms with Gasteiger partial charge < -0.3 is 33.9 Å². The van der Waals surface area contributed by atoms with Crippen LogP contribution in [-0.2, 0) is 6.54 Å². The zero-order chi connectivity index (χ0) is 30.7. The van der Waals surface area contributed by atoms with Crippen LogP contribution in [0.25, 0.3) is 22.2 Å². The fraction of sp³-hybridized carbons (Fsp3) is 0.265. The molecule has 11 heteroatoms. The highest BCUT2D eigenvalue weighted by Gasteiger charge is 2.36. The fourth-order valence-corrected chi connectivity index (χ4v) is 6.79. The summed E-state index contributed by atoms with van der Waals surface area (Å²) < 4.78 is 11.3. The Labute approximate surface area is 258 Å². The highest BCUT2D eigenvalue weighted by atomic mass is 16.5. The average molecular weight is 606 g/mol. The van der Waals surface area contributed by atoms with Gasteiger partial charge in [0.15, 0.2) is 28.8 Å². The molecule has 2 saturated heterocycles. The molecule has 0 radical (unpaired) electrons. The van der Waals surface area contributed by atoms with Gasteiger partial charge in [-0.1, -0.05) is 35.5 Å². The summed E-state index contributed by atoms with van der Waals surface area (Å²) >= 11 is 0. The lowest BCUT2D eigenvalue weighted by Gasteiger charge is -2.39. The molecule has 2 fully saturated rings. The zero-order valence-electron chi connectivity index (χ0n) is 24.5. The number of anilines is 2. The number of nitrogens with zero attached hydrogens (tertiary/aromatic N) is 5.